The minimum absolute atomic E-state index is 0.368. The van der Waals surface area contributed by atoms with Crippen LogP contribution < -0.4 is 5.32 Å². The number of nitrogens with one attached hydrogen (secondary N) is 1. The Morgan fingerprint density at radius 1 is 1.44 bits per heavy atom. The van der Waals surface area contributed by atoms with Crippen LogP contribution in [0.3, 0.4) is 0 Å². The maximum Gasteiger partial charge on any atom is 0.326 e. The first kappa shape index (κ1) is 13.6. The molecule has 18 heavy (non-hydrogen) atoms. The van der Waals surface area contributed by atoms with Crippen LogP contribution in [-0.4, -0.2) is 17.1 Å². The molecule has 0 amide bonds. The molecule has 2 N–H and O–H groups in total. The first-order valence-electron chi connectivity index (χ1n) is 6.78. The predicted octanol–water partition coefficient (Wildman–Crippen LogP) is 3.36. The lowest BCUT2D eigenvalue weighted by Crippen LogP contribution is -2.37. The standard InChI is InChI=1S/C14H21NO2S/c1-2-11-8-9-12(18-11)13(14(16)17)15-10-6-4-3-5-7-10/h8-10,13,15H,2-7H2,1H3,(H,16,17). The van der Waals surface area contributed by atoms with Gasteiger partial charge in [0.1, 0.15) is 6.04 Å². The molecule has 1 aromatic heterocycles. The van der Waals surface area contributed by atoms with Gasteiger partial charge in [-0.3, -0.25) is 10.1 Å². The summed E-state index contributed by atoms with van der Waals surface area (Å²) in [5.41, 5.74) is 0. The number of rotatable bonds is 5. The second-order valence-corrected chi connectivity index (χ2v) is 6.13. The zero-order valence-electron chi connectivity index (χ0n) is 10.8. The van der Waals surface area contributed by atoms with E-state index in [1.807, 2.05) is 12.1 Å². The van der Waals surface area contributed by atoms with E-state index in [1.165, 1.54) is 24.1 Å². The molecule has 1 atom stereocenters. The highest BCUT2D eigenvalue weighted by Crippen LogP contribution is 2.27. The Morgan fingerprint density at radius 2 is 2.17 bits per heavy atom. The summed E-state index contributed by atoms with van der Waals surface area (Å²) in [5, 5.41) is 12.7. The average Bonchev–Trinajstić information content (AvgIpc) is 2.85. The lowest BCUT2D eigenvalue weighted by Gasteiger charge is -2.26. The van der Waals surface area contributed by atoms with E-state index in [0.29, 0.717) is 6.04 Å². The van der Waals surface area contributed by atoms with Crippen molar-refractivity contribution in [2.45, 2.75) is 57.5 Å². The van der Waals surface area contributed by atoms with E-state index in [-0.39, 0.29) is 0 Å². The Morgan fingerprint density at radius 3 is 2.72 bits per heavy atom. The molecule has 0 aromatic carbocycles. The Hall–Kier alpha value is -0.870. The normalized spacial score (nSPS) is 18.7. The second kappa shape index (κ2) is 6.34. The Balaban J connectivity index is 2.05. The smallest absolute Gasteiger partial charge is 0.326 e. The third-order valence-electron chi connectivity index (χ3n) is 3.57. The van der Waals surface area contributed by atoms with E-state index in [4.69, 9.17) is 0 Å². The van der Waals surface area contributed by atoms with Crippen LogP contribution in [0, 0.1) is 0 Å². The first-order chi connectivity index (χ1) is 8.70. The number of carbonyl (C=O) groups is 1. The molecule has 1 aliphatic rings. The quantitative estimate of drug-likeness (QED) is 0.860. The van der Waals surface area contributed by atoms with Gasteiger partial charge in [-0.15, -0.1) is 11.3 Å². The molecular formula is C14H21NO2S. The predicted molar refractivity (Wildman–Crippen MR) is 74.1 cm³/mol. The fourth-order valence-corrected chi connectivity index (χ4v) is 3.53. The fourth-order valence-electron chi connectivity index (χ4n) is 2.52. The Kier molecular flexibility index (Phi) is 4.78. The largest absolute Gasteiger partial charge is 0.480 e. The van der Waals surface area contributed by atoms with Crippen molar-refractivity contribution >= 4 is 17.3 Å². The van der Waals surface area contributed by atoms with Crippen molar-refractivity contribution in [3.05, 3.63) is 21.9 Å². The van der Waals surface area contributed by atoms with E-state index in [2.05, 4.69) is 12.2 Å². The molecule has 4 heteroatoms. The van der Waals surface area contributed by atoms with Crippen LogP contribution in [0.25, 0.3) is 0 Å². The van der Waals surface area contributed by atoms with Crippen LogP contribution in [0.15, 0.2) is 12.1 Å². The Bertz CT molecular complexity index is 396. The topological polar surface area (TPSA) is 49.3 Å². The van der Waals surface area contributed by atoms with Crippen molar-refractivity contribution in [1.82, 2.24) is 5.32 Å². The molecule has 1 heterocycles. The summed E-state index contributed by atoms with van der Waals surface area (Å²) in [6.07, 6.45) is 6.91. The van der Waals surface area contributed by atoms with Gasteiger partial charge in [0.15, 0.2) is 0 Å². The molecule has 0 bridgehead atoms. The van der Waals surface area contributed by atoms with E-state index in [9.17, 15) is 9.90 Å². The molecule has 1 fully saturated rings. The number of carboxylic acid groups (broad SMARTS) is 1. The van der Waals surface area contributed by atoms with Gasteiger partial charge in [-0.05, 0) is 31.4 Å². The molecule has 0 radical (unpaired) electrons. The van der Waals surface area contributed by atoms with E-state index in [0.717, 1.165) is 24.1 Å². The van der Waals surface area contributed by atoms with Crippen molar-refractivity contribution in [3.8, 4) is 0 Å². The minimum atomic E-state index is -0.759. The Labute approximate surface area is 112 Å². The molecule has 1 saturated carbocycles. The van der Waals surface area contributed by atoms with Crippen LogP contribution in [0.4, 0.5) is 0 Å². The minimum Gasteiger partial charge on any atom is -0.480 e. The third kappa shape index (κ3) is 3.33. The highest BCUT2D eigenvalue weighted by molar-refractivity contribution is 7.12. The lowest BCUT2D eigenvalue weighted by molar-refractivity contribution is -0.139. The van der Waals surface area contributed by atoms with Gasteiger partial charge in [-0.1, -0.05) is 26.2 Å². The monoisotopic (exact) mass is 267 g/mol. The molecule has 0 saturated heterocycles. The van der Waals surface area contributed by atoms with Crippen molar-refractivity contribution in [2.24, 2.45) is 0 Å². The summed E-state index contributed by atoms with van der Waals surface area (Å²) in [6, 6.07) is 3.83. The molecule has 1 aliphatic carbocycles. The summed E-state index contributed by atoms with van der Waals surface area (Å²) >= 11 is 1.61. The summed E-state index contributed by atoms with van der Waals surface area (Å²) in [5.74, 6) is -0.759. The molecule has 2 rings (SSSR count). The summed E-state index contributed by atoms with van der Waals surface area (Å²) < 4.78 is 0. The molecule has 100 valence electrons. The molecule has 1 aromatic rings. The van der Waals surface area contributed by atoms with Crippen LogP contribution in [0.5, 0.6) is 0 Å². The van der Waals surface area contributed by atoms with E-state index < -0.39 is 12.0 Å². The van der Waals surface area contributed by atoms with E-state index >= 15 is 0 Å². The maximum atomic E-state index is 11.4. The fraction of sp³-hybridized carbons (Fsp3) is 0.643. The van der Waals surface area contributed by atoms with Crippen LogP contribution in [0.1, 0.15) is 54.8 Å². The second-order valence-electron chi connectivity index (χ2n) is 4.93. The zero-order valence-corrected chi connectivity index (χ0v) is 11.6. The highest BCUT2D eigenvalue weighted by atomic mass is 32.1. The van der Waals surface area contributed by atoms with Gasteiger partial charge < -0.3 is 5.11 Å². The molecule has 0 spiro atoms. The number of hydrogen-bond donors (Lipinski definition) is 2. The van der Waals surface area contributed by atoms with Gasteiger partial charge in [0.25, 0.3) is 0 Å². The van der Waals surface area contributed by atoms with Gasteiger partial charge in [-0.2, -0.15) is 0 Å². The zero-order chi connectivity index (χ0) is 13.0. The number of carboxylic acids is 1. The number of aliphatic carboxylic acids is 1. The summed E-state index contributed by atoms with van der Waals surface area (Å²) in [7, 11) is 0. The highest BCUT2D eigenvalue weighted by Gasteiger charge is 2.25. The number of hydrogen-bond acceptors (Lipinski definition) is 3. The van der Waals surface area contributed by atoms with Gasteiger partial charge >= 0.3 is 5.97 Å². The molecule has 1 unspecified atom stereocenters. The molecule has 0 aliphatic heterocycles. The number of aryl methyl sites for hydroxylation is 1. The van der Waals surface area contributed by atoms with Crippen molar-refractivity contribution in [3.63, 3.8) is 0 Å². The van der Waals surface area contributed by atoms with Gasteiger partial charge in [-0.25, -0.2) is 0 Å². The summed E-state index contributed by atoms with van der Waals surface area (Å²) in [4.78, 5) is 13.6. The van der Waals surface area contributed by atoms with Gasteiger partial charge in [0.05, 0.1) is 0 Å². The maximum absolute atomic E-state index is 11.4. The SMILES string of the molecule is CCc1ccc(C(NC2CCCCC2)C(=O)O)s1. The van der Waals surface area contributed by atoms with Crippen molar-refractivity contribution < 1.29 is 9.90 Å². The first-order valence-corrected chi connectivity index (χ1v) is 7.60. The average molecular weight is 267 g/mol. The van der Waals surface area contributed by atoms with Crippen molar-refractivity contribution in [2.75, 3.05) is 0 Å². The molecular weight excluding hydrogens is 246 g/mol. The lowest BCUT2D eigenvalue weighted by atomic mass is 9.95. The van der Waals surface area contributed by atoms with Crippen LogP contribution >= 0.6 is 11.3 Å². The van der Waals surface area contributed by atoms with E-state index in [1.54, 1.807) is 11.3 Å². The van der Waals surface area contributed by atoms with Gasteiger partial charge in [0, 0.05) is 15.8 Å². The third-order valence-corrected chi connectivity index (χ3v) is 4.86. The van der Waals surface area contributed by atoms with Crippen LogP contribution in [-0.2, 0) is 11.2 Å². The van der Waals surface area contributed by atoms with Crippen LogP contribution in [0.2, 0.25) is 0 Å². The van der Waals surface area contributed by atoms with Crippen molar-refractivity contribution in [1.29, 1.82) is 0 Å². The molecule has 3 nitrogen and oxygen atoms in total. The summed E-state index contributed by atoms with van der Waals surface area (Å²) in [6.45, 7) is 2.10. The van der Waals surface area contributed by atoms with Gasteiger partial charge in [0.2, 0.25) is 0 Å². The number of thiophene rings is 1.